The summed E-state index contributed by atoms with van der Waals surface area (Å²) in [6, 6.07) is 0.691. The van der Waals surface area contributed by atoms with Crippen molar-refractivity contribution >= 4 is 32.7 Å². The van der Waals surface area contributed by atoms with Crippen LogP contribution in [-0.2, 0) is 25.9 Å². The van der Waals surface area contributed by atoms with E-state index in [0.29, 0.717) is 13.0 Å². The van der Waals surface area contributed by atoms with E-state index in [4.69, 9.17) is 10.5 Å². The van der Waals surface area contributed by atoms with Crippen molar-refractivity contribution in [2.24, 2.45) is 5.73 Å². The number of carbonyl (C=O) groups is 1. The Kier molecular flexibility index (Phi) is 6.90. The topological polar surface area (TPSA) is 111 Å². The van der Waals surface area contributed by atoms with E-state index in [2.05, 4.69) is 4.98 Å². The number of aromatic nitrogens is 2. The molecule has 0 radical (unpaired) electrons. The van der Waals surface area contributed by atoms with Crippen molar-refractivity contribution in [1.82, 2.24) is 14.5 Å². The Hall–Kier alpha value is -2.38. The predicted octanol–water partition coefficient (Wildman–Crippen LogP) is 1.38. The monoisotopic (exact) mass is 529 g/mol. The van der Waals surface area contributed by atoms with Gasteiger partial charge in [0.25, 0.3) is 0 Å². The van der Waals surface area contributed by atoms with Gasteiger partial charge in [0.1, 0.15) is 12.7 Å². The van der Waals surface area contributed by atoms with Gasteiger partial charge in [-0.25, -0.2) is 26.6 Å². The minimum Gasteiger partial charge on any atom is -0.376 e. The average molecular weight is 530 g/mol. The van der Waals surface area contributed by atoms with Gasteiger partial charge in [-0.1, -0.05) is 0 Å². The number of nitrogens with two attached hydrogens (primary N) is 1. The lowest BCUT2D eigenvalue weighted by Gasteiger charge is -2.35. The van der Waals surface area contributed by atoms with Crippen LogP contribution in [0.1, 0.15) is 25.7 Å². The third-order valence-corrected chi connectivity index (χ3v) is 9.06. The summed E-state index contributed by atoms with van der Waals surface area (Å²) in [7, 11) is -3.25. The second kappa shape index (κ2) is 9.82. The van der Waals surface area contributed by atoms with Gasteiger partial charge in [-0.3, -0.25) is 4.79 Å². The minimum atomic E-state index is -3.25. The van der Waals surface area contributed by atoms with Crippen molar-refractivity contribution in [3.63, 3.8) is 0 Å². The number of piperidine rings is 1. The van der Waals surface area contributed by atoms with Gasteiger partial charge in [0.05, 0.1) is 34.7 Å². The van der Waals surface area contributed by atoms with Crippen LogP contribution in [0.2, 0.25) is 0 Å². The lowest BCUT2D eigenvalue weighted by molar-refractivity contribution is -0.135. The van der Waals surface area contributed by atoms with Crippen molar-refractivity contribution in [1.29, 1.82) is 0 Å². The summed E-state index contributed by atoms with van der Waals surface area (Å²) in [5.74, 6) is -2.38. The number of imidazole rings is 1. The number of sulfone groups is 1. The zero-order chi connectivity index (χ0) is 25.6. The number of benzene rings is 1. The SMILES string of the molecule is N[C@@H]1CN(c2nc3cc(F)c(F)cc3n2CC(=O)N(CC2CCCO2)C2CCS(=O)(=O)C2)CC[C@H]1F. The molecule has 4 atom stereocenters. The Balaban J connectivity index is 1.49. The first kappa shape index (κ1) is 25.3. The average Bonchev–Trinajstić information content (AvgIpc) is 3.54. The maximum atomic E-state index is 14.2. The molecule has 2 unspecified atom stereocenters. The number of hydrogen-bond acceptors (Lipinski definition) is 7. The third kappa shape index (κ3) is 5.05. The fourth-order valence-corrected chi connectivity index (χ4v) is 7.08. The van der Waals surface area contributed by atoms with Crippen LogP contribution in [-0.4, -0.2) is 90.9 Å². The molecule has 2 N–H and O–H groups in total. The van der Waals surface area contributed by atoms with E-state index >= 15 is 0 Å². The van der Waals surface area contributed by atoms with Crippen molar-refractivity contribution in [3.8, 4) is 0 Å². The van der Waals surface area contributed by atoms with Crippen LogP contribution in [0.3, 0.4) is 0 Å². The van der Waals surface area contributed by atoms with Gasteiger partial charge in [-0.15, -0.1) is 0 Å². The molecule has 3 aliphatic rings. The van der Waals surface area contributed by atoms with Gasteiger partial charge in [0, 0.05) is 44.4 Å². The van der Waals surface area contributed by atoms with Crippen molar-refractivity contribution in [3.05, 3.63) is 23.8 Å². The zero-order valence-electron chi connectivity index (χ0n) is 19.8. The van der Waals surface area contributed by atoms with Crippen LogP contribution in [0.5, 0.6) is 0 Å². The fraction of sp³-hybridized carbons (Fsp3) is 0.652. The predicted molar refractivity (Wildman–Crippen MR) is 127 cm³/mol. The molecule has 1 aromatic carbocycles. The number of alkyl halides is 1. The van der Waals surface area contributed by atoms with E-state index in [1.165, 1.54) is 4.57 Å². The van der Waals surface area contributed by atoms with Gasteiger partial charge in [-0.05, 0) is 25.7 Å². The van der Waals surface area contributed by atoms with E-state index in [9.17, 15) is 26.4 Å². The summed E-state index contributed by atoms with van der Waals surface area (Å²) < 4.78 is 73.8. The first-order chi connectivity index (χ1) is 17.1. The number of fused-ring (bicyclic) bond motifs is 1. The summed E-state index contributed by atoms with van der Waals surface area (Å²) in [6.07, 6.45) is 0.750. The summed E-state index contributed by atoms with van der Waals surface area (Å²) >= 11 is 0. The second-order valence-corrected chi connectivity index (χ2v) is 12.1. The number of carbonyl (C=O) groups excluding carboxylic acids is 1. The van der Waals surface area contributed by atoms with Crippen molar-refractivity contribution in [2.75, 3.05) is 42.6 Å². The molecule has 0 spiro atoms. The lowest BCUT2D eigenvalue weighted by Crippen LogP contribution is -2.51. The Labute approximate surface area is 207 Å². The molecule has 2 aromatic rings. The van der Waals surface area contributed by atoms with E-state index in [-0.39, 0.29) is 73.1 Å². The van der Waals surface area contributed by atoms with Crippen molar-refractivity contribution in [2.45, 2.75) is 56.6 Å². The first-order valence-corrected chi connectivity index (χ1v) is 14.0. The number of halogens is 3. The summed E-state index contributed by atoms with van der Waals surface area (Å²) in [5.41, 5.74) is 6.29. The molecule has 13 heteroatoms. The second-order valence-electron chi connectivity index (χ2n) is 9.91. The maximum absolute atomic E-state index is 14.2. The molecule has 9 nitrogen and oxygen atoms in total. The van der Waals surface area contributed by atoms with Gasteiger partial charge >= 0.3 is 0 Å². The van der Waals surface area contributed by atoms with Gasteiger partial charge in [0.2, 0.25) is 11.9 Å². The molecule has 3 fully saturated rings. The highest BCUT2D eigenvalue weighted by molar-refractivity contribution is 7.91. The Morgan fingerprint density at radius 2 is 2.00 bits per heavy atom. The highest BCUT2D eigenvalue weighted by Crippen LogP contribution is 2.29. The van der Waals surface area contributed by atoms with E-state index in [1.807, 2.05) is 0 Å². The molecule has 3 saturated heterocycles. The number of anilines is 1. The minimum absolute atomic E-state index is 0.00672. The number of hydrogen-bond donors (Lipinski definition) is 1. The Morgan fingerprint density at radius 1 is 1.22 bits per heavy atom. The van der Waals surface area contributed by atoms with Crippen LogP contribution in [0.15, 0.2) is 12.1 Å². The highest BCUT2D eigenvalue weighted by Gasteiger charge is 2.37. The number of amides is 1. The smallest absolute Gasteiger partial charge is 0.243 e. The highest BCUT2D eigenvalue weighted by atomic mass is 32.2. The largest absolute Gasteiger partial charge is 0.376 e. The number of nitrogens with zero attached hydrogens (tertiary/aromatic N) is 4. The summed E-state index contributed by atoms with van der Waals surface area (Å²) in [5, 5.41) is 0. The van der Waals surface area contributed by atoms with E-state index in [1.54, 1.807) is 9.80 Å². The van der Waals surface area contributed by atoms with Gasteiger partial charge < -0.3 is 24.8 Å². The zero-order valence-corrected chi connectivity index (χ0v) is 20.6. The van der Waals surface area contributed by atoms with Crippen LogP contribution < -0.4 is 10.6 Å². The molecule has 4 heterocycles. The molecule has 3 aliphatic heterocycles. The molecule has 0 saturated carbocycles. The Morgan fingerprint density at radius 3 is 2.67 bits per heavy atom. The van der Waals surface area contributed by atoms with Gasteiger partial charge in [0.15, 0.2) is 21.5 Å². The molecule has 0 aliphatic carbocycles. The fourth-order valence-electron chi connectivity index (χ4n) is 5.35. The quantitative estimate of drug-likeness (QED) is 0.602. The van der Waals surface area contributed by atoms with Gasteiger partial charge in [-0.2, -0.15) is 0 Å². The molecule has 36 heavy (non-hydrogen) atoms. The molecular weight excluding hydrogens is 499 g/mol. The standard InChI is InChI=1S/C23H30F3N5O4S/c24-16-3-5-29(11-19(16)27)23-28-20-8-17(25)18(26)9-21(20)31(23)12-22(32)30(10-15-2-1-6-35-15)14-4-7-36(33,34)13-14/h8-9,14-16,19H,1-7,10-13,27H2/t14?,15?,16-,19-/m1/s1. The number of ether oxygens (including phenoxy) is 1. The molecule has 5 rings (SSSR count). The molecule has 0 bridgehead atoms. The Bertz CT molecular complexity index is 1250. The van der Waals surface area contributed by atoms with Crippen LogP contribution >= 0.6 is 0 Å². The van der Waals surface area contributed by atoms with Crippen molar-refractivity contribution < 1.29 is 31.1 Å². The van der Waals surface area contributed by atoms with Crippen LogP contribution in [0.25, 0.3) is 11.0 Å². The summed E-state index contributed by atoms with van der Waals surface area (Å²) in [4.78, 5) is 21.4. The van der Waals surface area contributed by atoms with Crippen LogP contribution in [0, 0.1) is 11.6 Å². The van der Waals surface area contributed by atoms with E-state index < -0.39 is 39.7 Å². The molecular formula is C23H30F3N5O4S. The normalized spacial score (nSPS) is 28.2. The maximum Gasteiger partial charge on any atom is 0.243 e. The number of rotatable bonds is 6. The van der Waals surface area contributed by atoms with E-state index in [0.717, 1.165) is 25.0 Å². The molecule has 1 amide bonds. The molecule has 198 valence electrons. The molecule has 1 aromatic heterocycles. The third-order valence-electron chi connectivity index (χ3n) is 7.31. The summed E-state index contributed by atoms with van der Waals surface area (Å²) in [6.45, 7) is 0.969. The first-order valence-electron chi connectivity index (χ1n) is 12.2. The lowest BCUT2D eigenvalue weighted by atomic mass is 10.1. The van der Waals surface area contributed by atoms with Crippen LogP contribution in [0.4, 0.5) is 19.1 Å².